The van der Waals surface area contributed by atoms with Crippen LogP contribution in [0.15, 0.2) is 0 Å². The summed E-state index contributed by atoms with van der Waals surface area (Å²) < 4.78 is 6.00. The Balaban J connectivity index is 3.80. The zero-order valence-electron chi connectivity index (χ0n) is 26.8. The molecule has 0 fully saturated rings. The van der Waals surface area contributed by atoms with Crippen LogP contribution in [0, 0.1) is 0 Å². The molecular weight excluding hydrogens is 464 g/mol. The van der Waals surface area contributed by atoms with Gasteiger partial charge in [0.25, 0.3) is 0 Å². The Bertz CT molecular complexity index is 447. The average molecular weight is 537 g/mol. The standard InChI is InChI=1S/C36H72O2/c1-4-7-10-13-16-17-18-19-20-21-22-23-25-28-31-34-36(37)38-35(32-29-26-15-12-9-6-3)33-30-27-24-14-11-8-5-2/h35H,4-34H2,1-3H3. The third-order valence-electron chi connectivity index (χ3n) is 8.29. The Morgan fingerprint density at radius 1 is 0.395 bits per heavy atom. The first-order chi connectivity index (χ1) is 18.7. The molecule has 0 aromatic heterocycles. The third-order valence-corrected chi connectivity index (χ3v) is 8.29. The minimum atomic E-state index is 0.0682. The largest absolute Gasteiger partial charge is 0.462 e. The van der Waals surface area contributed by atoms with Crippen molar-refractivity contribution in [3.05, 3.63) is 0 Å². The normalized spacial score (nSPS) is 12.2. The average Bonchev–Trinajstić information content (AvgIpc) is 2.92. The highest BCUT2D eigenvalue weighted by Gasteiger charge is 2.14. The smallest absolute Gasteiger partial charge is 0.306 e. The predicted molar refractivity (Wildman–Crippen MR) is 170 cm³/mol. The van der Waals surface area contributed by atoms with E-state index in [4.69, 9.17) is 4.74 Å². The maximum absolute atomic E-state index is 12.5. The Morgan fingerprint density at radius 2 is 0.658 bits per heavy atom. The van der Waals surface area contributed by atoms with E-state index in [1.165, 1.54) is 173 Å². The second kappa shape index (κ2) is 32.7. The molecule has 0 bridgehead atoms. The van der Waals surface area contributed by atoms with E-state index in [0.717, 1.165) is 19.3 Å². The summed E-state index contributed by atoms with van der Waals surface area (Å²) in [6.07, 6.45) is 40.5. The van der Waals surface area contributed by atoms with E-state index >= 15 is 0 Å². The second-order valence-corrected chi connectivity index (χ2v) is 12.3. The highest BCUT2D eigenvalue weighted by Crippen LogP contribution is 2.19. The highest BCUT2D eigenvalue weighted by atomic mass is 16.5. The van der Waals surface area contributed by atoms with Crippen LogP contribution in [0.3, 0.4) is 0 Å². The fourth-order valence-electron chi connectivity index (χ4n) is 5.63. The molecule has 0 N–H and O–H groups in total. The summed E-state index contributed by atoms with van der Waals surface area (Å²) in [4.78, 5) is 12.5. The number of hydrogen-bond acceptors (Lipinski definition) is 2. The van der Waals surface area contributed by atoms with Crippen LogP contribution in [0.1, 0.15) is 220 Å². The molecule has 0 aliphatic rings. The van der Waals surface area contributed by atoms with E-state index in [1.54, 1.807) is 0 Å². The molecule has 0 saturated carbocycles. The van der Waals surface area contributed by atoms with Crippen molar-refractivity contribution in [3.8, 4) is 0 Å². The quantitative estimate of drug-likeness (QED) is 0.0631. The van der Waals surface area contributed by atoms with E-state index in [2.05, 4.69) is 20.8 Å². The SMILES string of the molecule is CCCCCCCCCCCCCCCCCC(=O)OC(CCCCCCCC)CCCCCCCCC. The van der Waals surface area contributed by atoms with Gasteiger partial charge in [0.1, 0.15) is 6.10 Å². The molecule has 1 unspecified atom stereocenters. The topological polar surface area (TPSA) is 26.3 Å². The molecule has 0 rings (SSSR count). The molecule has 38 heavy (non-hydrogen) atoms. The summed E-state index contributed by atoms with van der Waals surface area (Å²) >= 11 is 0. The number of unbranched alkanes of at least 4 members (excludes halogenated alkanes) is 25. The third kappa shape index (κ3) is 30.0. The van der Waals surface area contributed by atoms with Crippen LogP contribution in [0.4, 0.5) is 0 Å². The van der Waals surface area contributed by atoms with Crippen molar-refractivity contribution in [2.24, 2.45) is 0 Å². The van der Waals surface area contributed by atoms with Gasteiger partial charge < -0.3 is 4.74 Å². The van der Waals surface area contributed by atoms with Crippen LogP contribution < -0.4 is 0 Å². The summed E-state index contributed by atoms with van der Waals surface area (Å²) in [5.74, 6) is 0.0682. The van der Waals surface area contributed by atoms with Crippen LogP contribution >= 0.6 is 0 Å². The molecule has 0 aliphatic heterocycles. The van der Waals surface area contributed by atoms with Gasteiger partial charge in [0.2, 0.25) is 0 Å². The summed E-state index contributed by atoms with van der Waals surface area (Å²) in [5.41, 5.74) is 0. The lowest BCUT2D eigenvalue weighted by Crippen LogP contribution is -2.18. The molecule has 0 aliphatic carbocycles. The first kappa shape index (κ1) is 37.5. The molecule has 2 nitrogen and oxygen atoms in total. The van der Waals surface area contributed by atoms with E-state index in [-0.39, 0.29) is 12.1 Å². The van der Waals surface area contributed by atoms with Crippen LogP contribution in [0.2, 0.25) is 0 Å². The molecule has 0 aromatic carbocycles. The fourth-order valence-corrected chi connectivity index (χ4v) is 5.63. The van der Waals surface area contributed by atoms with Crippen LogP contribution in [-0.2, 0) is 9.53 Å². The first-order valence-corrected chi connectivity index (χ1v) is 17.9. The minimum absolute atomic E-state index is 0.0682. The Kier molecular flexibility index (Phi) is 32.2. The van der Waals surface area contributed by atoms with Crippen molar-refractivity contribution in [2.45, 2.75) is 226 Å². The molecule has 228 valence electrons. The molecule has 1 atom stereocenters. The molecule has 2 heteroatoms. The van der Waals surface area contributed by atoms with Crippen molar-refractivity contribution < 1.29 is 9.53 Å². The van der Waals surface area contributed by atoms with E-state index < -0.39 is 0 Å². The van der Waals surface area contributed by atoms with Crippen LogP contribution in [-0.4, -0.2) is 12.1 Å². The maximum Gasteiger partial charge on any atom is 0.306 e. The van der Waals surface area contributed by atoms with Gasteiger partial charge in [0, 0.05) is 6.42 Å². The van der Waals surface area contributed by atoms with Crippen molar-refractivity contribution in [1.82, 2.24) is 0 Å². The summed E-state index contributed by atoms with van der Waals surface area (Å²) in [6.45, 7) is 6.84. The van der Waals surface area contributed by atoms with Gasteiger partial charge in [-0.05, 0) is 32.1 Å². The van der Waals surface area contributed by atoms with Gasteiger partial charge in [0.05, 0.1) is 0 Å². The van der Waals surface area contributed by atoms with Gasteiger partial charge in [0.15, 0.2) is 0 Å². The van der Waals surface area contributed by atoms with E-state index in [9.17, 15) is 4.79 Å². The van der Waals surface area contributed by atoms with Crippen molar-refractivity contribution in [3.63, 3.8) is 0 Å². The fraction of sp³-hybridized carbons (Fsp3) is 0.972. The molecular formula is C36H72O2. The van der Waals surface area contributed by atoms with Crippen molar-refractivity contribution in [2.75, 3.05) is 0 Å². The number of carbonyl (C=O) groups excluding carboxylic acids is 1. The number of rotatable bonds is 32. The molecule has 0 spiro atoms. The van der Waals surface area contributed by atoms with Crippen LogP contribution in [0.25, 0.3) is 0 Å². The highest BCUT2D eigenvalue weighted by molar-refractivity contribution is 5.69. The second-order valence-electron chi connectivity index (χ2n) is 12.3. The summed E-state index contributed by atoms with van der Waals surface area (Å²) in [5, 5.41) is 0. The summed E-state index contributed by atoms with van der Waals surface area (Å²) in [7, 11) is 0. The first-order valence-electron chi connectivity index (χ1n) is 17.9. The lowest BCUT2D eigenvalue weighted by Gasteiger charge is -2.18. The van der Waals surface area contributed by atoms with Gasteiger partial charge in [-0.1, -0.05) is 181 Å². The summed E-state index contributed by atoms with van der Waals surface area (Å²) in [6, 6.07) is 0. The van der Waals surface area contributed by atoms with Gasteiger partial charge in [-0.3, -0.25) is 4.79 Å². The van der Waals surface area contributed by atoms with Crippen molar-refractivity contribution in [1.29, 1.82) is 0 Å². The molecule has 0 saturated heterocycles. The Hall–Kier alpha value is -0.530. The van der Waals surface area contributed by atoms with Gasteiger partial charge in [-0.25, -0.2) is 0 Å². The van der Waals surface area contributed by atoms with Gasteiger partial charge in [-0.2, -0.15) is 0 Å². The van der Waals surface area contributed by atoms with E-state index in [1.807, 2.05) is 0 Å². The number of ether oxygens (including phenoxy) is 1. The number of hydrogen-bond donors (Lipinski definition) is 0. The molecule has 0 heterocycles. The molecule has 0 radical (unpaired) electrons. The lowest BCUT2D eigenvalue weighted by molar-refractivity contribution is -0.150. The maximum atomic E-state index is 12.5. The zero-order chi connectivity index (χ0) is 27.8. The lowest BCUT2D eigenvalue weighted by atomic mass is 10.0. The predicted octanol–water partition coefficient (Wildman–Crippen LogP) is 13.1. The van der Waals surface area contributed by atoms with Gasteiger partial charge in [-0.15, -0.1) is 0 Å². The van der Waals surface area contributed by atoms with Gasteiger partial charge >= 0.3 is 5.97 Å². The number of carbonyl (C=O) groups is 1. The zero-order valence-corrected chi connectivity index (χ0v) is 26.8. The minimum Gasteiger partial charge on any atom is -0.462 e. The molecule has 0 aromatic rings. The monoisotopic (exact) mass is 537 g/mol. The molecule has 0 amide bonds. The van der Waals surface area contributed by atoms with Crippen LogP contribution in [0.5, 0.6) is 0 Å². The Morgan fingerprint density at radius 3 is 0.974 bits per heavy atom. The van der Waals surface area contributed by atoms with E-state index in [0.29, 0.717) is 6.42 Å². The van der Waals surface area contributed by atoms with Crippen molar-refractivity contribution >= 4 is 5.97 Å². The number of esters is 1. The Labute approximate surface area is 241 Å².